The minimum Gasteiger partial charge on any atom is -0.490 e. The molecule has 2 aromatic rings. The number of rotatable bonds is 3. The molecule has 0 fully saturated rings. The summed E-state index contributed by atoms with van der Waals surface area (Å²) in [5.74, 6) is 2.22. The second kappa shape index (κ2) is 9.72. The summed E-state index contributed by atoms with van der Waals surface area (Å²) < 4.78 is 11.3. The second-order valence-electron chi connectivity index (χ2n) is 5.39. The van der Waals surface area contributed by atoms with E-state index in [-0.39, 0.29) is 24.0 Å². The Morgan fingerprint density at radius 1 is 1.08 bits per heavy atom. The molecule has 0 unspecified atom stereocenters. The van der Waals surface area contributed by atoms with Gasteiger partial charge in [-0.05, 0) is 29.8 Å². The van der Waals surface area contributed by atoms with Crippen molar-refractivity contribution in [1.29, 1.82) is 0 Å². The van der Waals surface area contributed by atoms with Crippen LogP contribution in [0.4, 0.5) is 5.69 Å². The maximum Gasteiger partial charge on any atom is 0.195 e. The molecule has 0 spiro atoms. The number of ether oxygens (including phenoxy) is 2. The molecule has 0 aromatic heterocycles. The van der Waals surface area contributed by atoms with Crippen LogP contribution in [-0.4, -0.2) is 26.2 Å². The number of halogens is 2. The minimum atomic E-state index is 0. The van der Waals surface area contributed by atoms with Crippen molar-refractivity contribution >= 4 is 47.2 Å². The van der Waals surface area contributed by atoms with Crippen LogP contribution in [0.3, 0.4) is 0 Å². The highest BCUT2D eigenvalue weighted by molar-refractivity contribution is 14.0. The van der Waals surface area contributed by atoms with Crippen LogP contribution in [-0.2, 0) is 6.54 Å². The van der Waals surface area contributed by atoms with Crippen molar-refractivity contribution in [3.63, 3.8) is 0 Å². The average Bonchev–Trinajstić information content (AvgIpc) is 2.85. The summed E-state index contributed by atoms with van der Waals surface area (Å²) in [6.07, 6.45) is 0.891. The quantitative estimate of drug-likeness (QED) is 0.396. The largest absolute Gasteiger partial charge is 0.490 e. The van der Waals surface area contributed by atoms with E-state index >= 15 is 0 Å². The Morgan fingerprint density at radius 3 is 2.52 bits per heavy atom. The highest BCUT2D eigenvalue weighted by atomic mass is 127. The zero-order chi connectivity index (χ0) is 16.8. The van der Waals surface area contributed by atoms with E-state index in [1.807, 2.05) is 42.5 Å². The lowest BCUT2D eigenvalue weighted by molar-refractivity contribution is 0.297. The average molecular weight is 474 g/mol. The first-order valence-electron chi connectivity index (χ1n) is 7.86. The van der Waals surface area contributed by atoms with Crippen LogP contribution in [0, 0.1) is 0 Å². The molecule has 134 valence electrons. The monoisotopic (exact) mass is 473 g/mol. The van der Waals surface area contributed by atoms with Gasteiger partial charge in [0.15, 0.2) is 17.5 Å². The predicted octanol–water partition coefficient (Wildman–Crippen LogP) is 4.31. The molecule has 7 heteroatoms. The van der Waals surface area contributed by atoms with E-state index in [0.717, 1.165) is 34.2 Å². The third-order valence-corrected chi connectivity index (χ3v) is 3.86. The molecule has 0 saturated heterocycles. The fraction of sp³-hybridized carbons (Fsp3) is 0.278. The van der Waals surface area contributed by atoms with Crippen LogP contribution >= 0.6 is 35.6 Å². The van der Waals surface area contributed by atoms with Crippen molar-refractivity contribution < 1.29 is 9.47 Å². The number of guanidine groups is 1. The molecule has 1 heterocycles. The van der Waals surface area contributed by atoms with Gasteiger partial charge in [-0.25, -0.2) is 0 Å². The number of aliphatic imine (C=N–C) groups is 1. The van der Waals surface area contributed by atoms with Gasteiger partial charge in [0.05, 0.1) is 13.2 Å². The SMILES string of the molecule is CN=C(NCc1ccc(Cl)cc1)Nc1ccc2c(c1)OCCCO2.I. The molecule has 3 rings (SSSR count). The molecule has 0 bridgehead atoms. The molecule has 25 heavy (non-hydrogen) atoms. The van der Waals surface area contributed by atoms with Gasteiger partial charge in [0.25, 0.3) is 0 Å². The molecule has 5 nitrogen and oxygen atoms in total. The maximum absolute atomic E-state index is 5.90. The highest BCUT2D eigenvalue weighted by Gasteiger charge is 2.11. The lowest BCUT2D eigenvalue weighted by Gasteiger charge is -2.14. The fourth-order valence-corrected chi connectivity index (χ4v) is 2.47. The minimum absolute atomic E-state index is 0. The molecule has 0 aliphatic carbocycles. The number of nitrogens with one attached hydrogen (secondary N) is 2. The van der Waals surface area contributed by atoms with E-state index in [1.165, 1.54) is 0 Å². The topological polar surface area (TPSA) is 54.9 Å². The van der Waals surface area contributed by atoms with Crippen molar-refractivity contribution in [3.05, 3.63) is 53.1 Å². The third kappa shape index (κ3) is 5.67. The zero-order valence-corrected chi connectivity index (χ0v) is 17.0. The van der Waals surface area contributed by atoms with Crippen LogP contribution in [0.2, 0.25) is 5.02 Å². The molecule has 0 atom stereocenters. The summed E-state index contributed by atoms with van der Waals surface area (Å²) in [5.41, 5.74) is 2.02. The molecular weight excluding hydrogens is 453 g/mol. The Kier molecular flexibility index (Phi) is 7.64. The third-order valence-electron chi connectivity index (χ3n) is 3.61. The van der Waals surface area contributed by atoms with Crippen molar-refractivity contribution in [2.24, 2.45) is 4.99 Å². The number of benzene rings is 2. The standard InChI is InChI=1S/C18H20ClN3O2.HI/c1-20-18(21-12-13-3-5-14(19)6-4-13)22-15-7-8-16-17(11-15)24-10-2-9-23-16;/h3-8,11H,2,9-10,12H2,1H3,(H2,20,21,22);1H. The van der Waals surface area contributed by atoms with Crippen molar-refractivity contribution in [3.8, 4) is 11.5 Å². The summed E-state index contributed by atoms with van der Waals surface area (Å²) >= 11 is 5.90. The molecule has 2 aromatic carbocycles. The van der Waals surface area contributed by atoms with Gasteiger partial charge in [0, 0.05) is 36.8 Å². The molecule has 1 aliphatic rings. The number of hydrogen-bond donors (Lipinski definition) is 2. The van der Waals surface area contributed by atoms with Gasteiger partial charge in [-0.2, -0.15) is 0 Å². The van der Waals surface area contributed by atoms with E-state index in [4.69, 9.17) is 21.1 Å². The van der Waals surface area contributed by atoms with Crippen molar-refractivity contribution in [2.75, 3.05) is 25.6 Å². The van der Waals surface area contributed by atoms with Gasteiger partial charge in [-0.3, -0.25) is 4.99 Å². The van der Waals surface area contributed by atoms with E-state index in [1.54, 1.807) is 7.05 Å². The summed E-state index contributed by atoms with van der Waals surface area (Å²) in [6.45, 7) is 2.01. The first kappa shape index (κ1) is 19.7. The van der Waals surface area contributed by atoms with E-state index in [0.29, 0.717) is 25.7 Å². The van der Waals surface area contributed by atoms with Crippen LogP contribution < -0.4 is 20.1 Å². The summed E-state index contributed by atoms with van der Waals surface area (Å²) in [6, 6.07) is 13.5. The number of nitrogens with zero attached hydrogens (tertiary/aromatic N) is 1. The first-order valence-corrected chi connectivity index (χ1v) is 8.24. The Hall–Kier alpha value is -1.67. The van der Waals surface area contributed by atoms with Crippen molar-refractivity contribution in [2.45, 2.75) is 13.0 Å². The molecular formula is C18H21ClIN3O2. The maximum atomic E-state index is 5.90. The van der Waals surface area contributed by atoms with Gasteiger partial charge < -0.3 is 20.1 Å². The number of anilines is 1. The Labute approximate surface area is 169 Å². The molecule has 0 saturated carbocycles. The Bertz CT molecular complexity index is 723. The lowest BCUT2D eigenvalue weighted by Crippen LogP contribution is -2.30. The van der Waals surface area contributed by atoms with E-state index < -0.39 is 0 Å². The van der Waals surface area contributed by atoms with Crippen LogP contribution in [0.15, 0.2) is 47.5 Å². The molecule has 1 aliphatic heterocycles. The predicted molar refractivity (Wildman–Crippen MR) is 113 cm³/mol. The van der Waals surface area contributed by atoms with E-state index in [9.17, 15) is 0 Å². The van der Waals surface area contributed by atoms with Gasteiger partial charge in [-0.15, -0.1) is 24.0 Å². The first-order chi connectivity index (χ1) is 11.7. The summed E-state index contributed by atoms with van der Waals surface area (Å²) in [5, 5.41) is 7.26. The fourth-order valence-electron chi connectivity index (χ4n) is 2.34. The lowest BCUT2D eigenvalue weighted by atomic mass is 10.2. The zero-order valence-electron chi connectivity index (χ0n) is 13.9. The normalized spacial score (nSPS) is 13.4. The number of fused-ring (bicyclic) bond motifs is 1. The molecule has 2 N–H and O–H groups in total. The Balaban J connectivity index is 0.00000225. The van der Waals surface area contributed by atoms with E-state index in [2.05, 4.69) is 15.6 Å². The Morgan fingerprint density at radius 2 is 1.80 bits per heavy atom. The second-order valence-corrected chi connectivity index (χ2v) is 5.83. The van der Waals surface area contributed by atoms with Gasteiger partial charge in [-0.1, -0.05) is 23.7 Å². The smallest absolute Gasteiger partial charge is 0.195 e. The van der Waals surface area contributed by atoms with Crippen LogP contribution in [0.1, 0.15) is 12.0 Å². The molecule has 0 radical (unpaired) electrons. The summed E-state index contributed by atoms with van der Waals surface area (Å²) in [4.78, 5) is 4.24. The highest BCUT2D eigenvalue weighted by Crippen LogP contribution is 2.32. The van der Waals surface area contributed by atoms with Gasteiger partial charge in [0.1, 0.15) is 0 Å². The van der Waals surface area contributed by atoms with Crippen LogP contribution in [0.5, 0.6) is 11.5 Å². The van der Waals surface area contributed by atoms with Gasteiger partial charge >= 0.3 is 0 Å². The van der Waals surface area contributed by atoms with Crippen molar-refractivity contribution in [1.82, 2.24) is 5.32 Å². The van der Waals surface area contributed by atoms with Gasteiger partial charge in [0.2, 0.25) is 0 Å². The van der Waals surface area contributed by atoms with Crippen LogP contribution in [0.25, 0.3) is 0 Å². The number of hydrogen-bond acceptors (Lipinski definition) is 3. The molecule has 0 amide bonds. The summed E-state index contributed by atoms with van der Waals surface area (Å²) in [7, 11) is 1.74.